The van der Waals surface area contributed by atoms with E-state index in [1.54, 1.807) is 13.2 Å². The minimum absolute atomic E-state index is 0.287. The van der Waals surface area contributed by atoms with E-state index in [4.69, 9.17) is 16.3 Å². The molecule has 0 bridgehead atoms. The van der Waals surface area contributed by atoms with Crippen molar-refractivity contribution >= 4 is 11.6 Å². The minimum Gasteiger partial charge on any atom is -0.383 e. The van der Waals surface area contributed by atoms with Crippen molar-refractivity contribution in [2.45, 2.75) is 13.3 Å². The third-order valence-electron chi connectivity index (χ3n) is 2.56. The van der Waals surface area contributed by atoms with Crippen LogP contribution >= 0.6 is 11.6 Å². The molecule has 0 fully saturated rings. The Morgan fingerprint density at radius 3 is 2.88 bits per heavy atom. The van der Waals surface area contributed by atoms with Crippen molar-refractivity contribution < 1.29 is 9.13 Å². The highest BCUT2D eigenvalue weighted by Gasteiger charge is 2.07. The molecule has 1 aromatic carbocycles. The lowest BCUT2D eigenvalue weighted by molar-refractivity contribution is 0.198. The zero-order chi connectivity index (χ0) is 12.7. The summed E-state index contributed by atoms with van der Waals surface area (Å²) >= 11 is 5.98. The molecule has 0 radical (unpaired) electrons. The van der Waals surface area contributed by atoms with Gasteiger partial charge in [0.25, 0.3) is 0 Å². The van der Waals surface area contributed by atoms with E-state index in [0.29, 0.717) is 17.5 Å². The summed E-state index contributed by atoms with van der Waals surface area (Å²) in [5.41, 5.74) is 0.995. The molecule has 0 aromatic heterocycles. The number of rotatable bonds is 7. The Hall–Kier alpha value is -0.640. The second-order valence-corrected chi connectivity index (χ2v) is 4.65. The van der Waals surface area contributed by atoms with Crippen molar-refractivity contribution in [3.8, 4) is 0 Å². The predicted octanol–water partition coefficient (Wildman–Crippen LogP) is 2.89. The first-order chi connectivity index (χ1) is 8.13. The van der Waals surface area contributed by atoms with Gasteiger partial charge in [-0.05, 0) is 36.6 Å². The van der Waals surface area contributed by atoms with Gasteiger partial charge in [-0.15, -0.1) is 0 Å². The van der Waals surface area contributed by atoms with Crippen molar-refractivity contribution in [1.29, 1.82) is 0 Å². The summed E-state index contributed by atoms with van der Waals surface area (Å²) in [6, 6.07) is 4.57. The Morgan fingerprint density at radius 2 is 2.24 bits per heavy atom. The average Bonchev–Trinajstić information content (AvgIpc) is 2.28. The van der Waals surface area contributed by atoms with Crippen LogP contribution in [0.1, 0.15) is 12.5 Å². The monoisotopic (exact) mass is 259 g/mol. The van der Waals surface area contributed by atoms with Gasteiger partial charge in [-0.25, -0.2) is 4.39 Å². The Labute approximate surface area is 107 Å². The minimum atomic E-state index is -0.287. The normalized spacial score (nSPS) is 12.7. The fourth-order valence-corrected chi connectivity index (χ4v) is 1.90. The molecule has 1 N–H and O–H groups in total. The summed E-state index contributed by atoms with van der Waals surface area (Å²) in [4.78, 5) is 0. The molecule has 0 aliphatic carbocycles. The van der Waals surface area contributed by atoms with E-state index in [1.807, 2.05) is 0 Å². The van der Waals surface area contributed by atoms with Crippen LogP contribution in [0.15, 0.2) is 18.2 Å². The second kappa shape index (κ2) is 7.64. The largest absolute Gasteiger partial charge is 0.383 e. The highest BCUT2D eigenvalue weighted by atomic mass is 35.5. The smallest absolute Gasteiger partial charge is 0.124 e. The zero-order valence-electron chi connectivity index (χ0n) is 10.3. The number of hydrogen-bond acceptors (Lipinski definition) is 2. The number of halogens is 2. The summed E-state index contributed by atoms with van der Waals surface area (Å²) in [5.74, 6) is 0.166. The van der Waals surface area contributed by atoms with Gasteiger partial charge in [-0.2, -0.15) is 0 Å². The predicted molar refractivity (Wildman–Crippen MR) is 69.0 cm³/mol. The van der Waals surface area contributed by atoms with Crippen LogP contribution in [-0.2, 0) is 11.2 Å². The first-order valence-corrected chi connectivity index (χ1v) is 6.15. The van der Waals surface area contributed by atoms with E-state index in [-0.39, 0.29) is 5.82 Å². The summed E-state index contributed by atoms with van der Waals surface area (Å²) in [6.45, 7) is 4.60. The Balaban J connectivity index is 2.37. The van der Waals surface area contributed by atoms with Crippen LogP contribution in [0, 0.1) is 11.7 Å². The highest BCUT2D eigenvalue weighted by Crippen LogP contribution is 2.20. The lowest BCUT2D eigenvalue weighted by Crippen LogP contribution is -2.25. The van der Waals surface area contributed by atoms with Crippen molar-refractivity contribution in [2.24, 2.45) is 5.92 Å². The Kier molecular flexibility index (Phi) is 6.48. The number of ether oxygens (including phenoxy) is 1. The van der Waals surface area contributed by atoms with Gasteiger partial charge in [0.05, 0.1) is 6.61 Å². The van der Waals surface area contributed by atoms with Crippen molar-refractivity contribution in [3.63, 3.8) is 0 Å². The van der Waals surface area contributed by atoms with E-state index >= 15 is 0 Å². The van der Waals surface area contributed by atoms with E-state index in [2.05, 4.69) is 12.2 Å². The molecule has 0 heterocycles. The number of benzene rings is 1. The third-order valence-corrected chi connectivity index (χ3v) is 2.91. The van der Waals surface area contributed by atoms with Gasteiger partial charge in [-0.3, -0.25) is 0 Å². The highest BCUT2D eigenvalue weighted by molar-refractivity contribution is 6.31. The fraction of sp³-hybridized carbons (Fsp3) is 0.538. The van der Waals surface area contributed by atoms with Crippen LogP contribution in [0.25, 0.3) is 0 Å². The Bertz CT molecular complexity index is 346. The van der Waals surface area contributed by atoms with E-state index in [9.17, 15) is 4.39 Å². The Morgan fingerprint density at radius 1 is 1.47 bits per heavy atom. The van der Waals surface area contributed by atoms with Gasteiger partial charge < -0.3 is 10.1 Å². The van der Waals surface area contributed by atoms with Crippen molar-refractivity contribution in [1.82, 2.24) is 5.32 Å². The molecule has 4 heteroatoms. The summed E-state index contributed by atoms with van der Waals surface area (Å²) in [5, 5.41) is 3.80. The molecule has 0 aliphatic rings. The molecule has 96 valence electrons. The van der Waals surface area contributed by atoms with E-state index in [1.165, 1.54) is 12.1 Å². The van der Waals surface area contributed by atoms with Crippen LogP contribution in [0.3, 0.4) is 0 Å². The molecular weight excluding hydrogens is 241 g/mol. The van der Waals surface area contributed by atoms with Gasteiger partial charge in [0, 0.05) is 18.7 Å². The van der Waals surface area contributed by atoms with Gasteiger partial charge in [0.15, 0.2) is 0 Å². The van der Waals surface area contributed by atoms with Crippen LogP contribution in [0.5, 0.6) is 0 Å². The van der Waals surface area contributed by atoms with E-state index in [0.717, 1.165) is 25.1 Å². The second-order valence-electron chi connectivity index (χ2n) is 4.24. The average molecular weight is 260 g/mol. The lowest BCUT2D eigenvalue weighted by Gasteiger charge is -2.13. The van der Waals surface area contributed by atoms with Crippen molar-refractivity contribution in [3.05, 3.63) is 34.6 Å². The maximum Gasteiger partial charge on any atom is 0.124 e. The molecule has 0 saturated heterocycles. The summed E-state index contributed by atoms with van der Waals surface area (Å²) in [6.07, 6.45) is 0.846. The third kappa shape index (κ3) is 5.48. The van der Waals surface area contributed by atoms with Crippen LogP contribution < -0.4 is 5.32 Å². The molecule has 1 atom stereocenters. The number of nitrogens with one attached hydrogen (secondary N) is 1. The summed E-state index contributed by atoms with van der Waals surface area (Å²) < 4.78 is 17.8. The van der Waals surface area contributed by atoms with Gasteiger partial charge in [-0.1, -0.05) is 24.6 Å². The first-order valence-electron chi connectivity index (χ1n) is 5.77. The number of methoxy groups -OCH3 is 1. The molecule has 2 nitrogen and oxygen atoms in total. The molecule has 1 aromatic rings. The van der Waals surface area contributed by atoms with Crippen LogP contribution in [-0.4, -0.2) is 26.8 Å². The van der Waals surface area contributed by atoms with Gasteiger partial charge >= 0.3 is 0 Å². The molecule has 17 heavy (non-hydrogen) atoms. The molecule has 1 unspecified atom stereocenters. The molecule has 1 rings (SSSR count). The molecule has 0 spiro atoms. The maximum absolute atomic E-state index is 12.9. The quantitative estimate of drug-likeness (QED) is 0.761. The molecule has 0 amide bonds. The zero-order valence-corrected chi connectivity index (χ0v) is 11.1. The van der Waals surface area contributed by atoms with E-state index < -0.39 is 0 Å². The van der Waals surface area contributed by atoms with Crippen molar-refractivity contribution in [2.75, 3.05) is 26.8 Å². The van der Waals surface area contributed by atoms with Gasteiger partial charge in [0.2, 0.25) is 0 Å². The molecule has 0 saturated carbocycles. The van der Waals surface area contributed by atoms with Crippen LogP contribution in [0.2, 0.25) is 5.02 Å². The molecule has 0 aliphatic heterocycles. The molecular formula is C13H19ClFNO. The standard InChI is InChI=1S/C13H19ClFNO/c1-10(9-16-5-6-17-2)7-11-3-4-12(15)8-13(11)14/h3-4,8,10,16H,5-7,9H2,1-2H3. The summed E-state index contributed by atoms with van der Waals surface area (Å²) in [7, 11) is 1.68. The lowest BCUT2D eigenvalue weighted by atomic mass is 10.0. The SMILES string of the molecule is COCCNCC(C)Cc1ccc(F)cc1Cl. The van der Waals surface area contributed by atoms with Gasteiger partial charge in [0.1, 0.15) is 5.82 Å². The van der Waals surface area contributed by atoms with Crippen LogP contribution in [0.4, 0.5) is 4.39 Å². The topological polar surface area (TPSA) is 21.3 Å². The maximum atomic E-state index is 12.9. The fourth-order valence-electron chi connectivity index (χ4n) is 1.66. The number of hydrogen-bond donors (Lipinski definition) is 1. The first kappa shape index (κ1) is 14.4.